The quantitative estimate of drug-likeness (QED) is 0.656. The number of ether oxygens (including phenoxy) is 1. The summed E-state index contributed by atoms with van der Waals surface area (Å²) < 4.78 is 5.33. The van der Waals surface area contributed by atoms with Crippen LogP contribution in [0.2, 0.25) is 0 Å². The van der Waals surface area contributed by atoms with Gasteiger partial charge in [0.25, 0.3) is 0 Å². The van der Waals surface area contributed by atoms with E-state index < -0.39 is 0 Å². The van der Waals surface area contributed by atoms with E-state index >= 15 is 0 Å². The summed E-state index contributed by atoms with van der Waals surface area (Å²) in [5.74, 6) is 0.228. The largest absolute Gasteiger partial charge is 0.426 e. The van der Waals surface area contributed by atoms with Gasteiger partial charge in [-0.25, -0.2) is 0 Å². The van der Waals surface area contributed by atoms with Crippen molar-refractivity contribution in [1.82, 2.24) is 4.98 Å². The fourth-order valence-electron chi connectivity index (χ4n) is 1.97. The third-order valence-corrected chi connectivity index (χ3v) is 2.97. The standard InChI is InChI=1S/C15H20N2O2/c1-9(2)15(18)19-12-4-5-14-13(7-12)11(8-17-14)6-10(3)16/h4-5,7-10,17H,6,16H2,1-3H3. The Hall–Kier alpha value is -1.81. The molecule has 0 saturated heterocycles. The molecule has 0 amide bonds. The van der Waals surface area contributed by atoms with E-state index in [0.717, 1.165) is 22.9 Å². The van der Waals surface area contributed by atoms with E-state index in [1.807, 2.05) is 39.1 Å². The molecule has 0 radical (unpaired) electrons. The van der Waals surface area contributed by atoms with Crippen molar-refractivity contribution in [3.05, 3.63) is 30.0 Å². The summed E-state index contributed by atoms with van der Waals surface area (Å²) in [6, 6.07) is 5.71. The number of hydrogen-bond donors (Lipinski definition) is 2. The van der Waals surface area contributed by atoms with Gasteiger partial charge in [-0.2, -0.15) is 0 Å². The molecule has 3 N–H and O–H groups in total. The molecule has 1 heterocycles. The molecule has 102 valence electrons. The topological polar surface area (TPSA) is 68.1 Å². The smallest absolute Gasteiger partial charge is 0.313 e. The Kier molecular flexibility index (Phi) is 3.90. The van der Waals surface area contributed by atoms with Crippen LogP contribution in [0.15, 0.2) is 24.4 Å². The first-order chi connectivity index (χ1) is 8.97. The van der Waals surface area contributed by atoms with Crippen LogP contribution in [0.5, 0.6) is 5.75 Å². The molecule has 0 aliphatic carbocycles. The predicted molar refractivity (Wildman–Crippen MR) is 76.1 cm³/mol. The van der Waals surface area contributed by atoms with Crippen LogP contribution in [0.4, 0.5) is 0 Å². The number of benzene rings is 1. The zero-order chi connectivity index (χ0) is 14.0. The lowest BCUT2D eigenvalue weighted by atomic mass is 10.1. The van der Waals surface area contributed by atoms with Crippen molar-refractivity contribution >= 4 is 16.9 Å². The summed E-state index contributed by atoms with van der Waals surface area (Å²) in [4.78, 5) is 14.8. The number of H-pyrrole nitrogens is 1. The minimum atomic E-state index is -0.219. The third-order valence-electron chi connectivity index (χ3n) is 2.97. The molecule has 1 aromatic carbocycles. The third kappa shape index (κ3) is 3.15. The fraction of sp³-hybridized carbons (Fsp3) is 0.400. The maximum atomic E-state index is 11.6. The molecule has 1 aromatic heterocycles. The highest BCUT2D eigenvalue weighted by Gasteiger charge is 2.12. The Morgan fingerprint density at radius 1 is 1.37 bits per heavy atom. The van der Waals surface area contributed by atoms with E-state index in [1.165, 1.54) is 0 Å². The monoisotopic (exact) mass is 260 g/mol. The molecule has 0 saturated carbocycles. The lowest BCUT2D eigenvalue weighted by Crippen LogP contribution is -2.17. The zero-order valence-corrected chi connectivity index (χ0v) is 11.6. The van der Waals surface area contributed by atoms with E-state index in [2.05, 4.69) is 4.98 Å². The van der Waals surface area contributed by atoms with Crippen LogP contribution >= 0.6 is 0 Å². The van der Waals surface area contributed by atoms with E-state index in [0.29, 0.717) is 5.75 Å². The highest BCUT2D eigenvalue weighted by atomic mass is 16.5. The Morgan fingerprint density at radius 3 is 2.74 bits per heavy atom. The van der Waals surface area contributed by atoms with Crippen molar-refractivity contribution in [3.8, 4) is 5.75 Å². The van der Waals surface area contributed by atoms with Crippen molar-refractivity contribution in [1.29, 1.82) is 0 Å². The van der Waals surface area contributed by atoms with E-state index in [1.54, 1.807) is 6.07 Å². The SMILES string of the molecule is CC(N)Cc1c[nH]c2ccc(OC(=O)C(C)C)cc12. The molecule has 0 aliphatic rings. The number of hydrogen-bond acceptors (Lipinski definition) is 3. The molecule has 4 heteroatoms. The number of aromatic nitrogens is 1. The summed E-state index contributed by atoms with van der Waals surface area (Å²) in [5.41, 5.74) is 8.01. The van der Waals surface area contributed by atoms with Crippen LogP contribution in [-0.4, -0.2) is 17.0 Å². The minimum Gasteiger partial charge on any atom is -0.426 e. The Labute approximate surface area is 112 Å². The fourth-order valence-corrected chi connectivity index (χ4v) is 1.97. The van der Waals surface area contributed by atoms with Crippen molar-refractivity contribution in [2.45, 2.75) is 33.2 Å². The van der Waals surface area contributed by atoms with Crippen LogP contribution < -0.4 is 10.5 Å². The van der Waals surface area contributed by atoms with Gasteiger partial charge in [0.1, 0.15) is 5.75 Å². The number of carbonyl (C=O) groups excluding carboxylic acids is 1. The second-order valence-corrected chi connectivity index (χ2v) is 5.28. The molecule has 0 bridgehead atoms. The predicted octanol–water partition coefficient (Wildman–Crippen LogP) is 2.62. The van der Waals surface area contributed by atoms with Crippen LogP contribution in [0, 0.1) is 5.92 Å². The second-order valence-electron chi connectivity index (χ2n) is 5.28. The molecular formula is C15H20N2O2. The van der Waals surface area contributed by atoms with Crippen LogP contribution in [-0.2, 0) is 11.2 Å². The number of esters is 1. The summed E-state index contributed by atoms with van der Waals surface area (Å²) in [6.07, 6.45) is 2.75. The molecule has 2 rings (SSSR count). The van der Waals surface area contributed by atoms with E-state index in [-0.39, 0.29) is 17.9 Å². The van der Waals surface area contributed by atoms with Crippen molar-refractivity contribution in [3.63, 3.8) is 0 Å². The van der Waals surface area contributed by atoms with Crippen molar-refractivity contribution < 1.29 is 9.53 Å². The molecular weight excluding hydrogens is 240 g/mol. The first-order valence-corrected chi connectivity index (χ1v) is 6.54. The van der Waals surface area contributed by atoms with Gasteiger partial charge in [-0.05, 0) is 37.1 Å². The van der Waals surface area contributed by atoms with E-state index in [4.69, 9.17) is 10.5 Å². The van der Waals surface area contributed by atoms with Gasteiger partial charge in [0.2, 0.25) is 0 Å². The maximum absolute atomic E-state index is 11.6. The van der Waals surface area contributed by atoms with Crippen LogP contribution in [0.3, 0.4) is 0 Å². The maximum Gasteiger partial charge on any atom is 0.313 e. The molecule has 0 fully saturated rings. The van der Waals surface area contributed by atoms with Crippen LogP contribution in [0.25, 0.3) is 10.9 Å². The first kappa shape index (κ1) is 13.6. The first-order valence-electron chi connectivity index (χ1n) is 6.54. The molecule has 1 atom stereocenters. The molecule has 4 nitrogen and oxygen atoms in total. The molecule has 19 heavy (non-hydrogen) atoms. The number of carbonyl (C=O) groups is 1. The van der Waals surface area contributed by atoms with Gasteiger partial charge in [0.15, 0.2) is 0 Å². The molecule has 1 unspecified atom stereocenters. The average molecular weight is 260 g/mol. The highest BCUT2D eigenvalue weighted by Crippen LogP contribution is 2.25. The Bertz CT molecular complexity index is 585. The lowest BCUT2D eigenvalue weighted by molar-refractivity contribution is -0.137. The number of nitrogens with two attached hydrogens (primary N) is 1. The number of rotatable bonds is 4. The van der Waals surface area contributed by atoms with Gasteiger partial charge in [-0.1, -0.05) is 13.8 Å². The zero-order valence-electron chi connectivity index (χ0n) is 11.6. The molecule has 0 aliphatic heterocycles. The number of nitrogens with one attached hydrogen (secondary N) is 1. The minimum absolute atomic E-state index is 0.0980. The summed E-state index contributed by atoms with van der Waals surface area (Å²) in [7, 11) is 0. The average Bonchev–Trinajstić information content (AvgIpc) is 2.71. The molecule has 2 aromatic rings. The highest BCUT2D eigenvalue weighted by molar-refractivity contribution is 5.85. The van der Waals surface area contributed by atoms with Crippen LogP contribution in [0.1, 0.15) is 26.3 Å². The second kappa shape index (κ2) is 5.45. The summed E-state index contributed by atoms with van der Waals surface area (Å²) in [6.45, 7) is 5.61. The van der Waals surface area contributed by atoms with Crippen molar-refractivity contribution in [2.75, 3.05) is 0 Å². The van der Waals surface area contributed by atoms with Gasteiger partial charge >= 0.3 is 5.97 Å². The summed E-state index contributed by atoms with van der Waals surface area (Å²) >= 11 is 0. The molecule has 0 spiro atoms. The van der Waals surface area contributed by atoms with Gasteiger partial charge < -0.3 is 15.5 Å². The van der Waals surface area contributed by atoms with Gasteiger partial charge in [0.05, 0.1) is 5.92 Å². The number of aromatic amines is 1. The van der Waals surface area contributed by atoms with Gasteiger partial charge in [0, 0.05) is 23.1 Å². The summed E-state index contributed by atoms with van der Waals surface area (Å²) in [5, 5.41) is 1.06. The lowest BCUT2D eigenvalue weighted by Gasteiger charge is -2.07. The van der Waals surface area contributed by atoms with Crippen molar-refractivity contribution in [2.24, 2.45) is 11.7 Å². The Balaban J connectivity index is 2.30. The van der Waals surface area contributed by atoms with E-state index in [9.17, 15) is 4.79 Å². The normalized spacial score (nSPS) is 12.9. The number of fused-ring (bicyclic) bond motifs is 1. The van der Waals surface area contributed by atoms with Gasteiger partial charge in [-0.3, -0.25) is 4.79 Å². The Morgan fingerprint density at radius 2 is 2.11 bits per heavy atom. The van der Waals surface area contributed by atoms with Gasteiger partial charge in [-0.15, -0.1) is 0 Å².